The molecule has 0 radical (unpaired) electrons. The van der Waals surface area contributed by atoms with Gasteiger partial charge in [-0.05, 0) is 18.2 Å². The van der Waals surface area contributed by atoms with E-state index in [1.165, 1.54) is 25.5 Å². The Morgan fingerprint density at radius 2 is 2.09 bits per heavy atom. The summed E-state index contributed by atoms with van der Waals surface area (Å²) in [6, 6.07) is 6.94. The average Bonchev–Trinajstić information content (AvgIpc) is 3.06. The van der Waals surface area contributed by atoms with Crippen molar-refractivity contribution in [1.29, 1.82) is 0 Å². The van der Waals surface area contributed by atoms with Crippen LogP contribution in [0.3, 0.4) is 0 Å². The van der Waals surface area contributed by atoms with Gasteiger partial charge in [0.25, 0.3) is 5.69 Å². The molecule has 9 heteroatoms. The van der Waals surface area contributed by atoms with Gasteiger partial charge in [-0.1, -0.05) is 0 Å². The molecule has 1 heterocycles. The van der Waals surface area contributed by atoms with Crippen LogP contribution in [0.25, 0.3) is 0 Å². The highest BCUT2D eigenvalue weighted by Gasteiger charge is 2.18. The van der Waals surface area contributed by atoms with Crippen molar-refractivity contribution in [3.05, 3.63) is 52.5 Å². The van der Waals surface area contributed by atoms with Gasteiger partial charge in [0.05, 0.1) is 36.6 Å². The van der Waals surface area contributed by atoms with Crippen molar-refractivity contribution in [2.24, 2.45) is 0 Å². The third-order valence-corrected chi connectivity index (χ3v) is 2.85. The van der Waals surface area contributed by atoms with E-state index in [1.54, 1.807) is 12.1 Å². The summed E-state index contributed by atoms with van der Waals surface area (Å²) < 4.78 is 9.99. The van der Waals surface area contributed by atoms with Gasteiger partial charge in [0.15, 0.2) is 0 Å². The highest BCUT2D eigenvalue weighted by Crippen LogP contribution is 2.28. The zero-order valence-electron chi connectivity index (χ0n) is 12.1. The number of nitro groups is 1. The van der Waals surface area contributed by atoms with Crippen LogP contribution in [0.4, 0.5) is 11.4 Å². The lowest BCUT2D eigenvalue weighted by Gasteiger charge is -2.09. The summed E-state index contributed by atoms with van der Waals surface area (Å²) in [6.07, 6.45) is 1.45. The molecule has 0 atom stereocenters. The Balaban J connectivity index is 2.01. The number of nitrogens with one attached hydrogen (secondary N) is 2. The number of nitro benzene ring substituents is 1. The molecule has 2 N–H and O–H groups in total. The summed E-state index contributed by atoms with van der Waals surface area (Å²) in [4.78, 5) is 33.6. The van der Waals surface area contributed by atoms with Gasteiger partial charge in [0.2, 0.25) is 0 Å². The number of hydrogen-bond donors (Lipinski definition) is 2. The van der Waals surface area contributed by atoms with Crippen molar-refractivity contribution in [1.82, 2.24) is 5.32 Å². The minimum atomic E-state index is -0.927. The summed E-state index contributed by atoms with van der Waals surface area (Å²) in [5, 5.41) is 15.4. The van der Waals surface area contributed by atoms with Crippen LogP contribution in [0.5, 0.6) is 5.75 Å². The Morgan fingerprint density at radius 3 is 2.70 bits per heavy atom. The first-order chi connectivity index (χ1) is 11.0. The van der Waals surface area contributed by atoms with E-state index < -0.39 is 16.7 Å². The molecule has 0 bridgehead atoms. The van der Waals surface area contributed by atoms with Crippen LogP contribution in [0, 0.1) is 10.1 Å². The van der Waals surface area contributed by atoms with Crippen molar-refractivity contribution in [3.8, 4) is 5.75 Å². The smallest absolute Gasteiger partial charge is 0.313 e. The quantitative estimate of drug-likeness (QED) is 0.488. The Bertz CT molecular complexity index is 726. The van der Waals surface area contributed by atoms with Gasteiger partial charge in [-0.3, -0.25) is 19.7 Å². The number of nitrogens with zero attached hydrogens (tertiary/aromatic N) is 1. The molecule has 0 fully saturated rings. The fourth-order valence-electron chi connectivity index (χ4n) is 1.74. The van der Waals surface area contributed by atoms with E-state index in [4.69, 9.17) is 9.15 Å². The van der Waals surface area contributed by atoms with Crippen molar-refractivity contribution < 1.29 is 23.7 Å². The Morgan fingerprint density at radius 1 is 1.30 bits per heavy atom. The van der Waals surface area contributed by atoms with Crippen molar-refractivity contribution in [2.75, 3.05) is 12.4 Å². The minimum Gasteiger partial charge on any atom is -0.494 e. The number of non-ortho nitro benzene ring substituents is 1. The predicted octanol–water partition coefficient (Wildman–Crippen LogP) is 1.45. The molecule has 0 saturated carbocycles. The van der Waals surface area contributed by atoms with E-state index in [2.05, 4.69) is 10.6 Å². The molecule has 2 rings (SSSR count). The number of methoxy groups -OCH3 is 1. The maximum absolute atomic E-state index is 11.8. The number of rotatable bonds is 5. The fourth-order valence-corrected chi connectivity index (χ4v) is 1.74. The van der Waals surface area contributed by atoms with Gasteiger partial charge in [-0.2, -0.15) is 0 Å². The summed E-state index contributed by atoms with van der Waals surface area (Å²) in [6.45, 7) is 0.0661. The van der Waals surface area contributed by atoms with Crippen LogP contribution in [-0.4, -0.2) is 23.8 Å². The maximum Gasteiger partial charge on any atom is 0.313 e. The van der Waals surface area contributed by atoms with Gasteiger partial charge in [-0.15, -0.1) is 0 Å². The van der Waals surface area contributed by atoms with Crippen molar-refractivity contribution in [2.45, 2.75) is 6.54 Å². The van der Waals surface area contributed by atoms with Crippen LogP contribution in [0.2, 0.25) is 0 Å². The summed E-state index contributed by atoms with van der Waals surface area (Å²) >= 11 is 0. The van der Waals surface area contributed by atoms with Crippen LogP contribution >= 0.6 is 0 Å². The third-order valence-electron chi connectivity index (χ3n) is 2.85. The first-order valence-corrected chi connectivity index (χ1v) is 6.45. The zero-order valence-corrected chi connectivity index (χ0v) is 12.1. The minimum absolute atomic E-state index is 0.0661. The molecule has 23 heavy (non-hydrogen) atoms. The number of anilines is 1. The van der Waals surface area contributed by atoms with E-state index in [0.29, 0.717) is 5.76 Å². The number of carbonyl (C=O) groups excluding carboxylic acids is 2. The maximum atomic E-state index is 11.8. The number of furan rings is 1. The Hall–Kier alpha value is -3.36. The predicted molar refractivity (Wildman–Crippen MR) is 78.8 cm³/mol. The molecule has 0 unspecified atom stereocenters. The first kappa shape index (κ1) is 16.0. The van der Waals surface area contributed by atoms with E-state index in [9.17, 15) is 19.7 Å². The number of benzene rings is 1. The van der Waals surface area contributed by atoms with E-state index >= 15 is 0 Å². The molecule has 1 aromatic carbocycles. The number of amides is 2. The van der Waals surface area contributed by atoms with Gasteiger partial charge in [-0.25, -0.2) is 0 Å². The van der Waals surface area contributed by atoms with E-state index in [0.717, 1.165) is 6.07 Å². The summed E-state index contributed by atoms with van der Waals surface area (Å²) in [5.74, 6) is -1.23. The molecule has 2 amide bonds. The number of ether oxygens (including phenoxy) is 1. The molecule has 120 valence electrons. The monoisotopic (exact) mass is 319 g/mol. The zero-order chi connectivity index (χ0) is 16.8. The molecular weight excluding hydrogens is 306 g/mol. The summed E-state index contributed by atoms with van der Waals surface area (Å²) in [5.41, 5.74) is -0.0432. The molecule has 0 aliphatic rings. The average molecular weight is 319 g/mol. The second kappa shape index (κ2) is 7.07. The molecule has 0 aliphatic carbocycles. The number of carbonyl (C=O) groups is 2. The van der Waals surface area contributed by atoms with Crippen LogP contribution in [-0.2, 0) is 16.1 Å². The Kier molecular flexibility index (Phi) is 4.92. The standard InChI is InChI=1S/C14H13N3O6/c1-22-12-7-9(17(20)21)4-5-11(12)16-14(19)13(18)15-8-10-3-2-6-23-10/h2-7H,8H2,1H3,(H,15,18)(H,16,19). The molecule has 0 spiro atoms. The van der Waals surface area contributed by atoms with Crippen molar-refractivity contribution >= 4 is 23.2 Å². The van der Waals surface area contributed by atoms with Crippen LogP contribution < -0.4 is 15.4 Å². The van der Waals surface area contributed by atoms with Gasteiger partial charge in [0, 0.05) is 6.07 Å². The largest absolute Gasteiger partial charge is 0.494 e. The lowest BCUT2D eigenvalue weighted by atomic mass is 10.2. The molecule has 1 aromatic heterocycles. The Labute approximate surface area is 130 Å². The van der Waals surface area contributed by atoms with Gasteiger partial charge >= 0.3 is 11.8 Å². The lowest BCUT2D eigenvalue weighted by molar-refractivity contribution is -0.384. The highest BCUT2D eigenvalue weighted by molar-refractivity contribution is 6.39. The van der Waals surface area contributed by atoms with E-state index in [-0.39, 0.29) is 23.7 Å². The molecular formula is C14H13N3O6. The van der Waals surface area contributed by atoms with Gasteiger partial charge < -0.3 is 19.8 Å². The fraction of sp³-hybridized carbons (Fsp3) is 0.143. The third kappa shape index (κ3) is 4.06. The first-order valence-electron chi connectivity index (χ1n) is 6.45. The normalized spacial score (nSPS) is 9.96. The van der Waals surface area contributed by atoms with Crippen LogP contribution in [0.15, 0.2) is 41.0 Å². The second-order valence-electron chi connectivity index (χ2n) is 4.36. The molecule has 9 nitrogen and oxygen atoms in total. The van der Waals surface area contributed by atoms with Crippen molar-refractivity contribution in [3.63, 3.8) is 0 Å². The topological polar surface area (TPSA) is 124 Å². The van der Waals surface area contributed by atoms with E-state index in [1.807, 2.05) is 0 Å². The van der Waals surface area contributed by atoms with Crippen LogP contribution in [0.1, 0.15) is 5.76 Å². The molecule has 0 aliphatic heterocycles. The summed E-state index contributed by atoms with van der Waals surface area (Å²) in [7, 11) is 1.30. The molecule has 0 saturated heterocycles. The van der Waals surface area contributed by atoms with Gasteiger partial charge in [0.1, 0.15) is 11.5 Å². The lowest BCUT2D eigenvalue weighted by Crippen LogP contribution is -2.34. The molecule has 2 aromatic rings. The highest BCUT2D eigenvalue weighted by atomic mass is 16.6. The second-order valence-corrected chi connectivity index (χ2v) is 4.36. The SMILES string of the molecule is COc1cc([N+](=O)[O-])ccc1NC(=O)C(=O)NCc1ccco1. The number of hydrogen-bond acceptors (Lipinski definition) is 6.